The van der Waals surface area contributed by atoms with Crippen molar-refractivity contribution in [3.05, 3.63) is 65.7 Å². The van der Waals surface area contributed by atoms with Gasteiger partial charge in [0.2, 0.25) is 0 Å². The van der Waals surface area contributed by atoms with Crippen molar-refractivity contribution in [1.29, 1.82) is 0 Å². The lowest BCUT2D eigenvalue weighted by Gasteiger charge is -2.35. The fraction of sp³-hybridized carbons (Fsp3) is 0.556. The van der Waals surface area contributed by atoms with Gasteiger partial charge in [0.1, 0.15) is 5.75 Å². The molecular weight excluding hydrogens is 537 g/mol. The molecule has 0 spiro atoms. The van der Waals surface area contributed by atoms with E-state index in [-0.39, 0.29) is 11.5 Å². The van der Waals surface area contributed by atoms with Crippen molar-refractivity contribution in [2.24, 2.45) is 0 Å². The van der Waals surface area contributed by atoms with Gasteiger partial charge in [0.05, 0.1) is 6.61 Å². The first-order valence-corrected chi connectivity index (χ1v) is 19.6. The topological polar surface area (TPSA) is 95.8 Å². The molecule has 2 aromatic carbocycles. The van der Waals surface area contributed by atoms with Crippen LogP contribution in [0.15, 0.2) is 54.6 Å². The highest BCUT2D eigenvalue weighted by Crippen LogP contribution is 2.32. The fourth-order valence-corrected chi connectivity index (χ4v) is 11.6. The van der Waals surface area contributed by atoms with Crippen LogP contribution in [-0.4, -0.2) is 63.9 Å². The molecule has 3 atom stereocenters. The monoisotopic (exact) mass is 586 g/mol. The van der Waals surface area contributed by atoms with Crippen LogP contribution in [0.25, 0.3) is 0 Å². The molecule has 2 rings (SSSR count). The molecule has 3 unspecified atom stereocenters. The van der Waals surface area contributed by atoms with Gasteiger partial charge in [-0.2, -0.15) is 0 Å². The van der Waals surface area contributed by atoms with Gasteiger partial charge in [0.15, 0.2) is 0 Å². The molecule has 0 fully saturated rings. The average molecular weight is 587 g/mol. The van der Waals surface area contributed by atoms with Gasteiger partial charge in [0.25, 0.3) is 0 Å². The molecule has 218 valence electrons. The number of benzene rings is 2. The lowest BCUT2D eigenvalue weighted by molar-refractivity contribution is 0.0944. The van der Waals surface area contributed by atoms with Crippen LogP contribution < -0.4 is 4.74 Å². The zero-order valence-electron chi connectivity index (χ0n) is 25.2. The SMILES string of the molecule is CC.CC.CO[Si](C)(O)O[Si](C)(OC)O[Si](O)(CCCOc1ccc(C(C)(C)c2ccccc2)cc1)OC. The standard InChI is InChI=1S/C23H38O8Si3.2C2H6/c1-23(2,20-12-9-8-10-13-20)21-14-16-22(17-15-21)29-18-11-19-34(25,28-5)31-33(7,27-4)30-32(6,24)26-3;2*1-2/h8-10,12-17,24-25H,11,18-19H2,1-7H3;2*1-2H3. The minimum atomic E-state index is -3.61. The summed E-state index contributed by atoms with van der Waals surface area (Å²) >= 11 is 0. The Bertz CT molecular complexity index is 884. The Balaban J connectivity index is 0.00000326. The molecule has 38 heavy (non-hydrogen) atoms. The Hall–Kier alpha value is -1.39. The number of rotatable bonds is 14. The molecule has 0 aliphatic carbocycles. The van der Waals surface area contributed by atoms with Crippen molar-refractivity contribution in [3.8, 4) is 5.75 Å². The van der Waals surface area contributed by atoms with E-state index in [2.05, 4.69) is 50.2 Å². The number of hydrogen-bond acceptors (Lipinski definition) is 8. The Kier molecular flexibility index (Phi) is 16.7. The van der Waals surface area contributed by atoms with Gasteiger partial charge in [0, 0.05) is 45.9 Å². The third kappa shape index (κ3) is 11.8. The second-order valence-corrected chi connectivity index (χ2v) is 17.1. The summed E-state index contributed by atoms with van der Waals surface area (Å²) in [5.41, 5.74) is 2.33. The minimum absolute atomic E-state index is 0.117. The normalized spacial score (nSPS) is 15.9. The Morgan fingerprint density at radius 3 is 1.71 bits per heavy atom. The zero-order chi connectivity index (χ0) is 29.5. The highest BCUT2D eigenvalue weighted by Gasteiger charge is 2.51. The molecule has 0 saturated heterocycles. The van der Waals surface area contributed by atoms with Gasteiger partial charge in [-0.25, -0.2) is 0 Å². The first-order chi connectivity index (χ1) is 17.9. The van der Waals surface area contributed by atoms with E-state index >= 15 is 0 Å². The van der Waals surface area contributed by atoms with Crippen LogP contribution in [0.2, 0.25) is 19.1 Å². The van der Waals surface area contributed by atoms with Gasteiger partial charge >= 0.3 is 26.4 Å². The summed E-state index contributed by atoms with van der Waals surface area (Å²) in [5, 5.41) is 0. The molecule has 11 heteroatoms. The second-order valence-electron chi connectivity index (χ2n) is 8.76. The molecule has 2 N–H and O–H groups in total. The van der Waals surface area contributed by atoms with Gasteiger partial charge in [-0.15, -0.1) is 0 Å². The highest BCUT2D eigenvalue weighted by atomic mass is 28.5. The summed E-state index contributed by atoms with van der Waals surface area (Å²) in [7, 11) is -6.28. The summed E-state index contributed by atoms with van der Waals surface area (Å²) in [5.74, 6) is 0.748. The molecular formula is C27H50O8Si3. The molecule has 8 nitrogen and oxygen atoms in total. The largest absolute Gasteiger partial charge is 0.494 e. The number of ether oxygens (including phenoxy) is 1. The van der Waals surface area contributed by atoms with Crippen molar-refractivity contribution < 1.29 is 35.8 Å². The molecule has 0 aliphatic heterocycles. The van der Waals surface area contributed by atoms with Gasteiger partial charge < -0.3 is 35.8 Å². The van der Waals surface area contributed by atoms with Crippen LogP contribution in [0, 0.1) is 0 Å². The maximum atomic E-state index is 10.9. The first-order valence-electron chi connectivity index (χ1n) is 13.2. The van der Waals surface area contributed by atoms with Gasteiger partial charge in [-0.05, 0) is 29.7 Å². The average Bonchev–Trinajstić information content (AvgIpc) is 2.94. The Morgan fingerprint density at radius 1 is 0.711 bits per heavy atom. The van der Waals surface area contributed by atoms with E-state index in [4.69, 9.17) is 26.2 Å². The van der Waals surface area contributed by atoms with E-state index < -0.39 is 26.4 Å². The highest BCUT2D eigenvalue weighted by molar-refractivity contribution is 6.79. The smallest absolute Gasteiger partial charge is 0.490 e. The predicted molar refractivity (Wildman–Crippen MR) is 159 cm³/mol. The van der Waals surface area contributed by atoms with Gasteiger partial charge in [-0.1, -0.05) is 84.0 Å². The molecule has 0 saturated carbocycles. The van der Waals surface area contributed by atoms with Crippen LogP contribution in [0.3, 0.4) is 0 Å². The zero-order valence-corrected chi connectivity index (χ0v) is 28.2. The molecule has 0 aliphatic rings. The number of hydrogen-bond donors (Lipinski definition) is 2. The molecule has 0 amide bonds. The van der Waals surface area contributed by atoms with Crippen LogP contribution in [-0.2, 0) is 26.9 Å². The predicted octanol–water partition coefficient (Wildman–Crippen LogP) is 5.87. The van der Waals surface area contributed by atoms with Crippen LogP contribution in [0.1, 0.15) is 59.1 Å². The van der Waals surface area contributed by atoms with E-state index in [9.17, 15) is 9.59 Å². The van der Waals surface area contributed by atoms with Crippen LogP contribution in [0.4, 0.5) is 0 Å². The van der Waals surface area contributed by atoms with Crippen molar-refractivity contribution in [1.82, 2.24) is 0 Å². The fourth-order valence-electron chi connectivity index (χ4n) is 3.45. The van der Waals surface area contributed by atoms with Crippen molar-refractivity contribution in [2.75, 3.05) is 27.9 Å². The summed E-state index contributed by atoms with van der Waals surface area (Å²) in [6.07, 6.45) is 0.500. The summed E-state index contributed by atoms with van der Waals surface area (Å²) in [6.45, 7) is 15.8. The van der Waals surface area contributed by atoms with Crippen LogP contribution >= 0.6 is 0 Å². The molecule has 0 radical (unpaired) electrons. The van der Waals surface area contributed by atoms with Crippen molar-refractivity contribution in [2.45, 2.75) is 72.5 Å². The lowest BCUT2D eigenvalue weighted by atomic mass is 9.78. The third-order valence-corrected chi connectivity index (χ3v) is 14.6. The van der Waals surface area contributed by atoms with Crippen LogP contribution in [0.5, 0.6) is 5.75 Å². The lowest BCUT2D eigenvalue weighted by Crippen LogP contribution is -2.60. The van der Waals surface area contributed by atoms with Crippen molar-refractivity contribution >= 4 is 26.4 Å². The third-order valence-electron chi connectivity index (χ3n) is 5.77. The van der Waals surface area contributed by atoms with E-state index in [0.717, 1.165) is 5.75 Å². The van der Waals surface area contributed by atoms with E-state index in [1.165, 1.54) is 39.0 Å². The summed E-state index contributed by atoms with van der Waals surface area (Å²) in [6, 6.07) is 18.7. The molecule has 2 aromatic rings. The molecule has 0 aromatic heterocycles. The van der Waals surface area contributed by atoms with E-state index in [0.29, 0.717) is 13.0 Å². The maximum absolute atomic E-state index is 10.9. The summed E-state index contributed by atoms with van der Waals surface area (Å²) < 4.78 is 33.0. The maximum Gasteiger partial charge on any atom is 0.490 e. The first kappa shape index (κ1) is 36.6. The minimum Gasteiger partial charge on any atom is -0.494 e. The Labute approximate surface area is 233 Å². The van der Waals surface area contributed by atoms with E-state index in [1.54, 1.807) is 6.55 Å². The quantitative estimate of drug-likeness (QED) is 0.210. The second kappa shape index (κ2) is 17.3. The Morgan fingerprint density at radius 2 is 1.24 bits per heavy atom. The van der Waals surface area contributed by atoms with Gasteiger partial charge in [-0.3, -0.25) is 0 Å². The molecule has 0 heterocycles. The van der Waals surface area contributed by atoms with E-state index in [1.807, 2.05) is 45.9 Å². The molecule has 0 bridgehead atoms. The summed E-state index contributed by atoms with van der Waals surface area (Å²) in [4.78, 5) is 21.1. The van der Waals surface area contributed by atoms with Crippen molar-refractivity contribution in [3.63, 3.8) is 0 Å².